The number of anilines is 3. The Morgan fingerprint density at radius 2 is 2.04 bits per heavy atom. The van der Waals surface area contributed by atoms with Crippen LogP contribution < -0.4 is 22.1 Å². The normalized spacial score (nSPS) is 19.3. The van der Waals surface area contributed by atoms with E-state index in [9.17, 15) is 4.79 Å². The van der Waals surface area contributed by atoms with E-state index in [1.165, 1.54) is 0 Å². The highest BCUT2D eigenvalue weighted by Crippen LogP contribution is 2.27. The quantitative estimate of drug-likeness (QED) is 0.663. The summed E-state index contributed by atoms with van der Waals surface area (Å²) in [5.74, 6) is 0.0543. The van der Waals surface area contributed by atoms with Crippen molar-refractivity contribution >= 4 is 23.1 Å². The van der Waals surface area contributed by atoms with Crippen LogP contribution in [0.2, 0.25) is 0 Å². The minimum Gasteiger partial charge on any atom is -0.379 e. The predicted molar refractivity (Wildman–Crippen MR) is 89.8 cm³/mol. The zero-order valence-corrected chi connectivity index (χ0v) is 13.1. The van der Waals surface area contributed by atoms with Crippen LogP contribution in [-0.2, 0) is 0 Å². The maximum atomic E-state index is 11.6. The number of nitrogens with two attached hydrogens (primary N) is 2. The number of carbonyl (C=O) groups excluding carboxylic acids is 1. The second-order valence-electron chi connectivity index (χ2n) is 5.93. The Morgan fingerprint density at radius 3 is 2.65 bits per heavy atom. The Balaban J connectivity index is 1.90. The Morgan fingerprint density at radius 1 is 1.30 bits per heavy atom. The molecule has 23 heavy (non-hydrogen) atoms. The number of hydrogen-bond acceptors (Lipinski definition) is 6. The number of pyridine rings is 2. The summed E-state index contributed by atoms with van der Waals surface area (Å²) < 4.78 is 0. The number of aryl methyl sites for hydroxylation is 2. The van der Waals surface area contributed by atoms with Gasteiger partial charge in [-0.1, -0.05) is 0 Å². The maximum Gasteiger partial charge on any atom is 0.269 e. The van der Waals surface area contributed by atoms with Gasteiger partial charge >= 0.3 is 0 Å². The van der Waals surface area contributed by atoms with Crippen LogP contribution in [0, 0.1) is 13.8 Å². The van der Waals surface area contributed by atoms with Gasteiger partial charge in [-0.2, -0.15) is 0 Å². The van der Waals surface area contributed by atoms with E-state index in [1.807, 2.05) is 26.0 Å². The molecule has 0 unspecified atom stereocenters. The predicted octanol–water partition coefficient (Wildman–Crippen LogP) is 1.45. The lowest BCUT2D eigenvalue weighted by Crippen LogP contribution is -2.17. The minimum absolute atomic E-state index is 0.170. The third-order valence-corrected chi connectivity index (χ3v) is 3.67. The molecule has 1 fully saturated rings. The van der Waals surface area contributed by atoms with Crippen LogP contribution in [0.25, 0.3) is 0 Å². The molecule has 7 heteroatoms. The van der Waals surface area contributed by atoms with Crippen LogP contribution in [0.4, 0.5) is 17.2 Å². The fourth-order valence-corrected chi connectivity index (χ4v) is 2.47. The molecule has 0 saturated heterocycles. The van der Waals surface area contributed by atoms with Gasteiger partial charge in [0.05, 0.1) is 17.6 Å². The van der Waals surface area contributed by atoms with Crippen molar-refractivity contribution in [3.63, 3.8) is 0 Å². The average molecular weight is 312 g/mol. The van der Waals surface area contributed by atoms with Gasteiger partial charge < -0.3 is 22.1 Å². The van der Waals surface area contributed by atoms with Crippen molar-refractivity contribution in [2.45, 2.75) is 32.4 Å². The molecule has 0 radical (unpaired) electrons. The second-order valence-corrected chi connectivity index (χ2v) is 5.93. The molecule has 2 aromatic rings. The Bertz CT molecular complexity index is 740. The lowest BCUT2D eigenvalue weighted by Gasteiger charge is -2.13. The van der Waals surface area contributed by atoms with Gasteiger partial charge in [0.25, 0.3) is 5.91 Å². The monoisotopic (exact) mass is 312 g/mol. The standard InChI is InChI=1S/C16H20N6O/c1-8-3-9(2)20-14(4-8)22-13-5-10(21-12-6-11(12)17)7-19-15(13)16(18)23/h3-5,7,11-12,21H,6,17H2,1-2H3,(H2,18,23)(H,20,22)/t11-,12-/m1/s1. The van der Waals surface area contributed by atoms with Gasteiger partial charge in [-0.3, -0.25) is 4.79 Å². The molecule has 0 aliphatic heterocycles. The number of amides is 1. The van der Waals surface area contributed by atoms with E-state index >= 15 is 0 Å². The maximum absolute atomic E-state index is 11.6. The summed E-state index contributed by atoms with van der Waals surface area (Å²) in [5.41, 5.74) is 14.7. The largest absolute Gasteiger partial charge is 0.379 e. The van der Waals surface area contributed by atoms with Crippen molar-refractivity contribution in [3.8, 4) is 0 Å². The number of carbonyl (C=O) groups is 1. The smallest absolute Gasteiger partial charge is 0.269 e. The molecule has 2 aromatic heterocycles. The highest BCUT2D eigenvalue weighted by Gasteiger charge is 2.33. The number of aromatic nitrogens is 2. The lowest BCUT2D eigenvalue weighted by molar-refractivity contribution is 0.0996. The lowest BCUT2D eigenvalue weighted by atomic mass is 10.2. The molecule has 7 nitrogen and oxygen atoms in total. The van der Waals surface area contributed by atoms with Crippen molar-refractivity contribution in [1.29, 1.82) is 0 Å². The van der Waals surface area contributed by atoms with Gasteiger partial charge in [-0.25, -0.2) is 9.97 Å². The summed E-state index contributed by atoms with van der Waals surface area (Å²) >= 11 is 0. The van der Waals surface area contributed by atoms with Crippen molar-refractivity contribution in [3.05, 3.63) is 41.3 Å². The highest BCUT2D eigenvalue weighted by atomic mass is 16.1. The molecule has 3 rings (SSSR count). The topological polar surface area (TPSA) is 119 Å². The van der Waals surface area contributed by atoms with Crippen LogP contribution in [-0.4, -0.2) is 28.0 Å². The molecule has 2 heterocycles. The zero-order valence-electron chi connectivity index (χ0n) is 13.1. The molecule has 1 aliphatic carbocycles. The van der Waals surface area contributed by atoms with E-state index in [-0.39, 0.29) is 17.8 Å². The van der Waals surface area contributed by atoms with Gasteiger partial charge in [-0.05, 0) is 44.0 Å². The second kappa shape index (κ2) is 5.85. The molecule has 1 aliphatic rings. The molecule has 1 amide bonds. The first-order valence-electron chi connectivity index (χ1n) is 7.46. The van der Waals surface area contributed by atoms with Crippen LogP contribution in [0.3, 0.4) is 0 Å². The van der Waals surface area contributed by atoms with Gasteiger partial charge in [-0.15, -0.1) is 0 Å². The molecular weight excluding hydrogens is 292 g/mol. The number of nitrogens with one attached hydrogen (secondary N) is 2. The highest BCUT2D eigenvalue weighted by molar-refractivity contribution is 5.97. The summed E-state index contributed by atoms with van der Waals surface area (Å²) in [6.07, 6.45) is 2.52. The molecule has 6 N–H and O–H groups in total. The van der Waals surface area contributed by atoms with Crippen LogP contribution >= 0.6 is 0 Å². The summed E-state index contributed by atoms with van der Waals surface area (Å²) in [4.78, 5) is 20.2. The van der Waals surface area contributed by atoms with E-state index < -0.39 is 5.91 Å². The number of nitrogens with zero attached hydrogens (tertiary/aromatic N) is 2. The molecule has 2 atom stereocenters. The van der Waals surface area contributed by atoms with Crippen LogP contribution in [0.1, 0.15) is 28.2 Å². The van der Waals surface area contributed by atoms with E-state index in [4.69, 9.17) is 11.5 Å². The number of primary amides is 1. The van der Waals surface area contributed by atoms with E-state index in [2.05, 4.69) is 20.6 Å². The Kier molecular flexibility index (Phi) is 3.87. The number of hydrogen-bond donors (Lipinski definition) is 4. The van der Waals surface area contributed by atoms with Crippen molar-refractivity contribution in [2.24, 2.45) is 11.5 Å². The van der Waals surface area contributed by atoms with Crippen LogP contribution in [0.5, 0.6) is 0 Å². The van der Waals surface area contributed by atoms with Crippen molar-refractivity contribution < 1.29 is 4.79 Å². The average Bonchev–Trinajstić information content (AvgIpc) is 3.12. The first kappa shape index (κ1) is 15.2. The SMILES string of the molecule is Cc1cc(C)nc(Nc2cc(N[C@@H]3C[C@H]3N)cnc2C(N)=O)c1. The van der Waals surface area contributed by atoms with Crippen LogP contribution in [0.15, 0.2) is 24.4 Å². The molecular formula is C16H20N6O. The summed E-state index contributed by atoms with van der Waals surface area (Å²) in [6, 6.07) is 6.10. The summed E-state index contributed by atoms with van der Waals surface area (Å²) in [7, 11) is 0. The fourth-order valence-electron chi connectivity index (χ4n) is 2.47. The van der Waals surface area contributed by atoms with Crippen molar-refractivity contribution in [2.75, 3.05) is 10.6 Å². The molecule has 1 saturated carbocycles. The fraction of sp³-hybridized carbons (Fsp3) is 0.312. The molecule has 120 valence electrons. The summed E-state index contributed by atoms with van der Waals surface area (Å²) in [5, 5.41) is 6.42. The Hall–Kier alpha value is -2.67. The van der Waals surface area contributed by atoms with Gasteiger partial charge in [0.2, 0.25) is 0 Å². The first-order chi connectivity index (χ1) is 10.9. The van der Waals surface area contributed by atoms with E-state index in [0.29, 0.717) is 11.5 Å². The van der Waals surface area contributed by atoms with Crippen molar-refractivity contribution in [1.82, 2.24) is 9.97 Å². The third kappa shape index (κ3) is 3.57. The van der Waals surface area contributed by atoms with E-state index in [1.54, 1.807) is 12.3 Å². The van der Waals surface area contributed by atoms with E-state index in [0.717, 1.165) is 23.4 Å². The molecule has 0 bridgehead atoms. The zero-order chi connectivity index (χ0) is 16.6. The summed E-state index contributed by atoms with van der Waals surface area (Å²) in [6.45, 7) is 3.90. The molecule has 0 aromatic carbocycles. The Labute approximate surface area is 134 Å². The third-order valence-electron chi connectivity index (χ3n) is 3.67. The minimum atomic E-state index is -0.591. The number of rotatable bonds is 5. The van der Waals surface area contributed by atoms with Gasteiger partial charge in [0, 0.05) is 17.8 Å². The molecule has 0 spiro atoms. The first-order valence-corrected chi connectivity index (χ1v) is 7.46. The van der Waals surface area contributed by atoms with Gasteiger partial charge in [0.1, 0.15) is 5.82 Å². The van der Waals surface area contributed by atoms with Gasteiger partial charge in [0.15, 0.2) is 5.69 Å².